The number of nitrogens with zero attached hydrogens (tertiary/aromatic N) is 3. The summed E-state index contributed by atoms with van der Waals surface area (Å²) in [5, 5.41) is 6.73. The predicted octanol–water partition coefficient (Wildman–Crippen LogP) is 2.17. The van der Waals surface area contributed by atoms with Gasteiger partial charge in [0.05, 0.1) is 19.8 Å². The number of ether oxygens (including phenoxy) is 1. The minimum Gasteiger partial charge on any atom is -0.378 e. The van der Waals surface area contributed by atoms with E-state index in [2.05, 4.69) is 50.6 Å². The molecule has 0 atom stereocenters. The van der Waals surface area contributed by atoms with E-state index >= 15 is 0 Å². The molecule has 2 aromatic rings. The second-order valence-corrected chi connectivity index (χ2v) is 6.12. The number of hydrogen-bond acceptors (Lipinski definition) is 4. The number of rotatable bonds is 6. The van der Waals surface area contributed by atoms with Crippen molar-refractivity contribution in [3.8, 4) is 0 Å². The molecule has 6 nitrogen and oxygen atoms in total. The lowest BCUT2D eigenvalue weighted by atomic mass is 10.2. The highest BCUT2D eigenvalue weighted by molar-refractivity contribution is 5.79. The molecule has 0 unspecified atom stereocenters. The molecule has 138 valence electrons. The maximum absolute atomic E-state index is 5.45. The molecule has 6 heteroatoms. The summed E-state index contributed by atoms with van der Waals surface area (Å²) in [6.07, 6.45) is 1.85. The maximum Gasteiger partial charge on any atom is 0.191 e. The second-order valence-electron chi connectivity index (χ2n) is 6.12. The van der Waals surface area contributed by atoms with E-state index in [1.54, 1.807) is 0 Å². The van der Waals surface area contributed by atoms with E-state index in [-0.39, 0.29) is 0 Å². The predicted molar refractivity (Wildman–Crippen MR) is 105 cm³/mol. The molecule has 3 rings (SSSR count). The van der Waals surface area contributed by atoms with Crippen molar-refractivity contribution in [1.29, 1.82) is 0 Å². The van der Waals surface area contributed by atoms with Crippen LogP contribution in [0.5, 0.6) is 0 Å². The highest BCUT2D eigenvalue weighted by Crippen LogP contribution is 2.18. The Kier molecular flexibility index (Phi) is 6.84. The molecule has 1 aromatic carbocycles. The number of pyridine rings is 1. The van der Waals surface area contributed by atoms with Crippen LogP contribution < -0.4 is 15.5 Å². The van der Waals surface area contributed by atoms with Crippen LogP contribution in [0.3, 0.4) is 0 Å². The van der Waals surface area contributed by atoms with Crippen LogP contribution in [0.4, 0.5) is 5.82 Å². The van der Waals surface area contributed by atoms with Gasteiger partial charge in [-0.05, 0) is 18.6 Å². The number of aromatic nitrogens is 1. The van der Waals surface area contributed by atoms with Crippen molar-refractivity contribution in [2.24, 2.45) is 4.99 Å². The zero-order chi connectivity index (χ0) is 18.0. The average Bonchev–Trinajstić information content (AvgIpc) is 2.72. The fourth-order valence-electron chi connectivity index (χ4n) is 2.90. The van der Waals surface area contributed by atoms with Gasteiger partial charge in [-0.25, -0.2) is 9.98 Å². The van der Waals surface area contributed by atoms with Crippen LogP contribution in [0.1, 0.15) is 18.1 Å². The molecule has 0 bridgehead atoms. The lowest BCUT2D eigenvalue weighted by Gasteiger charge is -2.29. The van der Waals surface area contributed by atoms with E-state index in [0.29, 0.717) is 13.1 Å². The number of anilines is 1. The number of guanidine groups is 1. The minimum atomic E-state index is 0.652. The fraction of sp³-hybridized carbons (Fsp3) is 0.400. The van der Waals surface area contributed by atoms with Gasteiger partial charge in [-0.15, -0.1) is 0 Å². The van der Waals surface area contributed by atoms with Crippen LogP contribution in [0.15, 0.2) is 53.7 Å². The Balaban J connectivity index is 1.65. The van der Waals surface area contributed by atoms with Crippen molar-refractivity contribution < 1.29 is 4.74 Å². The number of hydrogen-bond donors (Lipinski definition) is 2. The SMILES string of the molecule is CCNC(=NCc1ccccc1)NCc1cccnc1N1CCOCC1. The molecule has 0 radical (unpaired) electrons. The molecular weight excluding hydrogens is 326 g/mol. The topological polar surface area (TPSA) is 61.8 Å². The summed E-state index contributed by atoms with van der Waals surface area (Å²) < 4.78 is 5.45. The molecule has 1 fully saturated rings. The zero-order valence-electron chi connectivity index (χ0n) is 15.3. The molecule has 2 N–H and O–H groups in total. The largest absolute Gasteiger partial charge is 0.378 e. The summed E-state index contributed by atoms with van der Waals surface area (Å²) in [5.41, 5.74) is 2.36. The number of aliphatic imine (C=N–C) groups is 1. The van der Waals surface area contributed by atoms with Gasteiger partial charge in [0.2, 0.25) is 0 Å². The zero-order valence-corrected chi connectivity index (χ0v) is 15.3. The van der Waals surface area contributed by atoms with Crippen molar-refractivity contribution in [3.63, 3.8) is 0 Å². The lowest BCUT2D eigenvalue weighted by molar-refractivity contribution is 0.122. The normalized spacial score (nSPS) is 15.0. The minimum absolute atomic E-state index is 0.652. The van der Waals surface area contributed by atoms with Crippen molar-refractivity contribution in [1.82, 2.24) is 15.6 Å². The summed E-state index contributed by atoms with van der Waals surface area (Å²) in [5.74, 6) is 1.84. The first-order valence-electron chi connectivity index (χ1n) is 9.19. The molecule has 0 aliphatic carbocycles. The Morgan fingerprint density at radius 2 is 1.92 bits per heavy atom. The van der Waals surface area contributed by atoms with Gasteiger partial charge in [0, 0.05) is 37.9 Å². The molecule has 0 spiro atoms. The summed E-state index contributed by atoms with van der Waals surface area (Å²) in [6.45, 7) is 7.50. The van der Waals surface area contributed by atoms with Gasteiger partial charge in [0.15, 0.2) is 5.96 Å². The van der Waals surface area contributed by atoms with Crippen molar-refractivity contribution in [2.45, 2.75) is 20.0 Å². The van der Waals surface area contributed by atoms with E-state index in [0.717, 1.165) is 44.6 Å². The average molecular weight is 353 g/mol. The molecule has 2 heterocycles. The van der Waals surface area contributed by atoms with E-state index in [4.69, 9.17) is 4.74 Å². The van der Waals surface area contributed by atoms with Crippen molar-refractivity contribution >= 4 is 11.8 Å². The number of morpholine rings is 1. The monoisotopic (exact) mass is 353 g/mol. The summed E-state index contributed by atoms with van der Waals surface area (Å²) in [6, 6.07) is 14.4. The molecule has 1 saturated heterocycles. The van der Waals surface area contributed by atoms with Gasteiger partial charge in [0.1, 0.15) is 5.82 Å². The second kappa shape index (κ2) is 9.77. The lowest BCUT2D eigenvalue weighted by Crippen LogP contribution is -2.39. The van der Waals surface area contributed by atoms with Crippen LogP contribution in [0, 0.1) is 0 Å². The van der Waals surface area contributed by atoms with Crippen LogP contribution in [-0.4, -0.2) is 43.8 Å². The molecule has 1 aliphatic heterocycles. The van der Waals surface area contributed by atoms with Gasteiger partial charge in [0.25, 0.3) is 0 Å². The van der Waals surface area contributed by atoms with E-state index < -0.39 is 0 Å². The summed E-state index contributed by atoms with van der Waals surface area (Å²) in [7, 11) is 0. The summed E-state index contributed by atoms with van der Waals surface area (Å²) >= 11 is 0. The maximum atomic E-state index is 5.45. The molecule has 0 amide bonds. The first-order chi connectivity index (χ1) is 12.9. The number of benzene rings is 1. The van der Waals surface area contributed by atoms with Gasteiger partial charge >= 0.3 is 0 Å². The van der Waals surface area contributed by atoms with Crippen LogP contribution >= 0.6 is 0 Å². The third-order valence-corrected chi connectivity index (χ3v) is 4.23. The molecule has 1 aliphatic rings. The van der Waals surface area contributed by atoms with Crippen LogP contribution in [0.2, 0.25) is 0 Å². The fourth-order valence-corrected chi connectivity index (χ4v) is 2.90. The Hall–Kier alpha value is -2.60. The smallest absolute Gasteiger partial charge is 0.191 e. The standard InChI is InChI=1S/C20H27N5O/c1-2-21-20(23-15-17-7-4-3-5-8-17)24-16-18-9-6-10-22-19(18)25-11-13-26-14-12-25/h3-10H,2,11-16H2,1H3,(H2,21,23,24). The third kappa shape index (κ3) is 5.20. The molecule has 26 heavy (non-hydrogen) atoms. The van der Waals surface area contributed by atoms with Crippen molar-refractivity contribution in [2.75, 3.05) is 37.7 Å². The van der Waals surface area contributed by atoms with Crippen LogP contribution in [-0.2, 0) is 17.8 Å². The third-order valence-electron chi connectivity index (χ3n) is 4.23. The first kappa shape index (κ1) is 18.2. The van der Waals surface area contributed by atoms with Crippen LogP contribution in [0.25, 0.3) is 0 Å². The van der Waals surface area contributed by atoms with Gasteiger partial charge in [-0.3, -0.25) is 0 Å². The summed E-state index contributed by atoms with van der Waals surface area (Å²) in [4.78, 5) is 11.6. The Morgan fingerprint density at radius 3 is 2.69 bits per heavy atom. The Morgan fingerprint density at radius 1 is 1.12 bits per heavy atom. The van der Waals surface area contributed by atoms with Gasteiger partial charge in [-0.2, -0.15) is 0 Å². The Labute approximate surface area is 155 Å². The van der Waals surface area contributed by atoms with Gasteiger partial charge < -0.3 is 20.3 Å². The van der Waals surface area contributed by atoms with E-state index in [1.807, 2.05) is 30.5 Å². The highest BCUT2D eigenvalue weighted by Gasteiger charge is 2.15. The molecule has 0 saturated carbocycles. The van der Waals surface area contributed by atoms with E-state index in [1.165, 1.54) is 11.1 Å². The van der Waals surface area contributed by atoms with Gasteiger partial charge in [-0.1, -0.05) is 36.4 Å². The van der Waals surface area contributed by atoms with Crippen molar-refractivity contribution in [3.05, 3.63) is 59.8 Å². The molecule has 1 aromatic heterocycles. The first-order valence-corrected chi connectivity index (χ1v) is 9.19. The Bertz CT molecular complexity index is 698. The molecular formula is C20H27N5O. The quantitative estimate of drug-likeness (QED) is 0.616. The van der Waals surface area contributed by atoms with E-state index in [9.17, 15) is 0 Å². The highest BCUT2D eigenvalue weighted by atomic mass is 16.5. The number of nitrogens with one attached hydrogen (secondary N) is 2.